The first-order chi connectivity index (χ1) is 9.09. The van der Waals surface area contributed by atoms with Gasteiger partial charge in [-0.3, -0.25) is 0 Å². The Hall–Kier alpha value is -0.780. The highest BCUT2D eigenvalue weighted by Crippen LogP contribution is 2.22. The zero-order valence-electron chi connectivity index (χ0n) is 14.0. The van der Waals surface area contributed by atoms with E-state index in [0.29, 0.717) is 5.92 Å². The molecule has 0 bridgehead atoms. The van der Waals surface area contributed by atoms with Crippen LogP contribution >= 0.6 is 0 Å². The van der Waals surface area contributed by atoms with E-state index in [1.807, 2.05) is 13.8 Å². The maximum Gasteiger partial charge on any atom is -0.0219 e. The van der Waals surface area contributed by atoms with Crippen molar-refractivity contribution < 1.29 is 0 Å². The second-order valence-corrected chi connectivity index (χ2v) is 5.81. The lowest BCUT2D eigenvalue weighted by atomic mass is 9.91. The van der Waals surface area contributed by atoms with Crippen LogP contribution < -0.4 is 0 Å². The summed E-state index contributed by atoms with van der Waals surface area (Å²) >= 11 is 0. The maximum atomic E-state index is 2.36. The van der Waals surface area contributed by atoms with Gasteiger partial charge in [0.1, 0.15) is 0 Å². The molecule has 2 rings (SSSR count). The fourth-order valence-corrected chi connectivity index (χ4v) is 2.34. The normalized spacial score (nSPS) is 15.1. The van der Waals surface area contributed by atoms with Crippen LogP contribution in [0.3, 0.4) is 0 Å². The van der Waals surface area contributed by atoms with Gasteiger partial charge in [0.25, 0.3) is 0 Å². The summed E-state index contributed by atoms with van der Waals surface area (Å²) in [5, 5.41) is 0. The zero-order valence-corrected chi connectivity index (χ0v) is 14.0. The second kappa shape index (κ2) is 11.1. The number of rotatable bonds is 1. The van der Waals surface area contributed by atoms with E-state index in [1.165, 1.54) is 43.2 Å². The smallest absolute Gasteiger partial charge is 0.0219 e. The van der Waals surface area contributed by atoms with Crippen molar-refractivity contribution in [1.82, 2.24) is 0 Å². The fraction of sp³-hybridized carbons (Fsp3) is 0.684. The summed E-state index contributed by atoms with van der Waals surface area (Å²) in [7, 11) is 0. The molecule has 110 valence electrons. The van der Waals surface area contributed by atoms with Gasteiger partial charge in [-0.1, -0.05) is 96.6 Å². The molecule has 1 aromatic rings. The predicted octanol–water partition coefficient (Wildman–Crippen LogP) is 6.73. The molecular formula is C19H34. The maximum absolute atomic E-state index is 2.36. The Morgan fingerprint density at radius 3 is 1.89 bits per heavy atom. The average Bonchev–Trinajstić information content (AvgIpc) is 2.42. The highest BCUT2D eigenvalue weighted by molar-refractivity contribution is 5.24. The minimum absolute atomic E-state index is 0.653. The van der Waals surface area contributed by atoms with Crippen LogP contribution in [0.5, 0.6) is 0 Å². The van der Waals surface area contributed by atoms with Crippen LogP contribution in [0, 0.1) is 12.8 Å². The van der Waals surface area contributed by atoms with Gasteiger partial charge in [-0.05, 0) is 24.3 Å². The monoisotopic (exact) mass is 262 g/mol. The first kappa shape index (κ1) is 18.2. The standard InChI is InChI=1S/C10H14.C7H14.C2H6/c1-8(2)10-6-4-5-9(3)7-10;1-7-5-3-2-4-6-7;1-2/h4-8H,1-3H3;7H,2-6H2,1H3;1-2H3. The fourth-order valence-electron chi connectivity index (χ4n) is 2.34. The topological polar surface area (TPSA) is 0 Å². The van der Waals surface area contributed by atoms with Gasteiger partial charge in [-0.2, -0.15) is 0 Å². The number of hydrogen-bond donors (Lipinski definition) is 0. The second-order valence-electron chi connectivity index (χ2n) is 5.81. The van der Waals surface area contributed by atoms with Gasteiger partial charge in [0.05, 0.1) is 0 Å². The summed E-state index contributed by atoms with van der Waals surface area (Å²) in [6.07, 6.45) is 7.44. The van der Waals surface area contributed by atoms with Crippen molar-refractivity contribution in [1.29, 1.82) is 0 Å². The molecule has 0 heteroatoms. The van der Waals surface area contributed by atoms with E-state index in [2.05, 4.69) is 52.0 Å². The Morgan fingerprint density at radius 1 is 1.00 bits per heavy atom. The van der Waals surface area contributed by atoms with Crippen LogP contribution in [0.15, 0.2) is 24.3 Å². The van der Waals surface area contributed by atoms with Gasteiger partial charge >= 0.3 is 0 Å². The van der Waals surface area contributed by atoms with Crippen LogP contribution in [0.25, 0.3) is 0 Å². The van der Waals surface area contributed by atoms with E-state index in [-0.39, 0.29) is 0 Å². The third-order valence-electron chi connectivity index (χ3n) is 3.60. The minimum Gasteiger partial charge on any atom is -0.0683 e. The van der Waals surface area contributed by atoms with Gasteiger partial charge < -0.3 is 0 Å². The molecule has 19 heavy (non-hydrogen) atoms. The molecule has 0 amide bonds. The van der Waals surface area contributed by atoms with Crippen LogP contribution in [0.4, 0.5) is 0 Å². The van der Waals surface area contributed by atoms with Crippen LogP contribution in [0.1, 0.15) is 83.8 Å². The summed E-state index contributed by atoms with van der Waals surface area (Å²) in [5.74, 6) is 1.69. The minimum atomic E-state index is 0.653. The number of benzene rings is 1. The first-order valence-corrected chi connectivity index (χ1v) is 8.16. The molecule has 0 atom stereocenters. The molecule has 1 aliphatic carbocycles. The van der Waals surface area contributed by atoms with E-state index in [9.17, 15) is 0 Å². The molecule has 0 saturated heterocycles. The molecular weight excluding hydrogens is 228 g/mol. The molecule has 1 aromatic carbocycles. The molecule has 0 unspecified atom stereocenters. The lowest BCUT2D eigenvalue weighted by molar-refractivity contribution is 0.385. The molecule has 0 aliphatic heterocycles. The Labute approximate surface area is 121 Å². The molecule has 1 aliphatic rings. The van der Waals surface area contributed by atoms with Crippen molar-refractivity contribution >= 4 is 0 Å². The average molecular weight is 262 g/mol. The zero-order chi connectivity index (χ0) is 14.7. The Bertz CT molecular complexity index is 306. The Balaban J connectivity index is 0.000000316. The van der Waals surface area contributed by atoms with Crippen molar-refractivity contribution in [2.24, 2.45) is 5.92 Å². The van der Waals surface area contributed by atoms with Crippen LogP contribution in [0.2, 0.25) is 0 Å². The van der Waals surface area contributed by atoms with Gasteiger partial charge in [0, 0.05) is 0 Å². The van der Waals surface area contributed by atoms with Crippen molar-refractivity contribution in [2.45, 2.75) is 79.6 Å². The third-order valence-corrected chi connectivity index (χ3v) is 3.60. The molecule has 1 fully saturated rings. The molecule has 0 radical (unpaired) electrons. The third kappa shape index (κ3) is 8.86. The highest BCUT2D eigenvalue weighted by Gasteiger charge is 2.05. The van der Waals surface area contributed by atoms with Gasteiger partial charge in [-0.15, -0.1) is 0 Å². The lowest BCUT2D eigenvalue weighted by Crippen LogP contribution is -1.99. The van der Waals surface area contributed by atoms with Crippen molar-refractivity contribution in [3.05, 3.63) is 35.4 Å². The molecule has 1 saturated carbocycles. The van der Waals surface area contributed by atoms with E-state index in [4.69, 9.17) is 0 Å². The van der Waals surface area contributed by atoms with Gasteiger partial charge in [0.15, 0.2) is 0 Å². The quantitative estimate of drug-likeness (QED) is 0.526. The van der Waals surface area contributed by atoms with Crippen molar-refractivity contribution in [3.63, 3.8) is 0 Å². The van der Waals surface area contributed by atoms with E-state index < -0.39 is 0 Å². The Morgan fingerprint density at radius 2 is 1.58 bits per heavy atom. The largest absolute Gasteiger partial charge is 0.0683 e. The predicted molar refractivity (Wildman–Crippen MR) is 88.9 cm³/mol. The van der Waals surface area contributed by atoms with Crippen LogP contribution in [-0.4, -0.2) is 0 Å². The van der Waals surface area contributed by atoms with E-state index >= 15 is 0 Å². The van der Waals surface area contributed by atoms with E-state index in [0.717, 1.165) is 5.92 Å². The van der Waals surface area contributed by atoms with Crippen LogP contribution in [-0.2, 0) is 0 Å². The van der Waals surface area contributed by atoms with Gasteiger partial charge in [0.2, 0.25) is 0 Å². The highest BCUT2D eigenvalue weighted by atomic mass is 14.1. The van der Waals surface area contributed by atoms with Crippen molar-refractivity contribution in [3.8, 4) is 0 Å². The van der Waals surface area contributed by atoms with Gasteiger partial charge in [-0.25, -0.2) is 0 Å². The van der Waals surface area contributed by atoms with E-state index in [1.54, 1.807) is 0 Å². The summed E-state index contributed by atoms with van der Waals surface area (Å²) in [6, 6.07) is 8.67. The lowest BCUT2D eigenvalue weighted by Gasteiger charge is -2.15. The molecule has 0 heterocycles. The summed E-state index contributed by atoms with van der Waals surface area (Å²) in [4.78, 5) is 0. The molecule has 0 aromatic heterocycles. The molecule has 0 nitrogen and oxygen atoms in total. The molecule has 0 N–H and O–H groups in total. The summed E-state index contributed by atoms with van der Waals surface area (Å²) in [5.41, 5.74) is 2.78. The summed E-state index contributed by atoms with van der Waals surface area (Å²) in [6.45, 7) is 12.9. The number of aryl methyl sites for hydroxylation is 1. The summed E-state index contributed by atoms with van der Waals surface area (Å²) < 4.78 is 0. The Kier molecular flexibility index (Phi) is 10.6. The number of hydrogen-bond acceptors (Lipinski definition) is 0. The SMILES string of the molecule is CC.CC1CCCCC1.Cc1cccc(C(C)C)c1. The first-order valence-electron chi connectivity index (χ1n) is 8.16. The molecule has 0 spiro atoms. The van der Waals surface area contributed by atoms with Crippen molar-refractivity contribution in [2.75, 3.05) is 0 Å².